The maximum atomic E-state index is 12.6. The molecule has 2 rings (SSSR count). The van der Waals surface area contributed by atoms with Gasteiger partial charge in [-0.25, -0.2) is 14.6 Å². The average Bonchev–Trinajstić information content (AvgIpc) is 3.07. The predicted octanol–water partition coefficient (Wildman–Crippen LogP) is 5.07. The molecule has 9 heteroatoms. The molecule has 1 heterocycles. The zero-order valence-corrected chi connectivity index (χ0v) is 16.7. The lowest BCUT2D eigenvalue weighted by Gasteiger charge is -2.21. The molecule has 140 valence electrons. The topological polar surface area (TPSA) is 71.5 Å². The van der Waals surface area contributed by atoms with E-state index in [0.717, 1.165) is 6.42 Å². The lowest BCUT2D eigenvalue weighted by atomic mass is 10.3. The molecule has 1 N–H and O–H groups in total. The van der Waals surface area contributed by atoms with Gasteiger partial charge in [0.05, 0.1) is 23.2 Å². The van der Waals surface area contributed by atoms with Crippen molar-refractivity contribution in [1.29, 1.82) is 0 Å². The van der Waals surface area contributed by atoms with Gasteiger partial charge < -0.3 is 15.0 Å². The second kappa shape index (κ2) is 9.75. The first-order valence-corrected chi connectivity index (χ1v) is 9.70. The fourth-order valence-corrected chi connectivity index (χ4v) is 3.22. The third kappa shape index (κ3) is 5.59. The Morgan fingerprint density at radius 3 is 2.69 bits per heavy atom. The molecule has 2 amide bonds. The minimum Gasteiger partial charge on any atom is -0.461 e. The van der Waals surface area contributed by atoms with Crippen LogP contribution in [0.3, 0.4) is 0 Å². The number of halogens is 2. The minimum absolute atomic E-state index is 0.258. The van der Waals surface area contributed by atoms with Crippen molar-refractivity contribution in [3.05, 3.63) is 44.3 Å². The van der Waals surface area contributed by atoms with Gasteiger partial charge in [-0.2, -0.15) is 0 Å². The highest BCUT2D eigenvalue weighted by Gasteiger charge is 2.18. The van der Waals surface area contributed by atoms with Crippen LogP contribution in [0.25, 0.3) is 0 Å². The summed E-state index contributed by atoms with van der Waals surface area (Å²) in [4.78, 5) is 30.2. The van der Waals surface area contributed by atoms with Crippen LogP contribution in [0.5, 0.6) is 0 Å². The molecule has 0 radical (unpaired) electrons. The fourth-order valence-electron chi connectivity index (χ4n) is 2.14. The monoisotopic (exact) mass is 415 g/mol. The number of nitrogens with zero attached hydrogens (tertiary/aromatic N) is 2. The highest BCUT2D eigenvalue weighted by atomic mass is 35.5. The maximum absolute atomic E-state index is 12.6. The number of carbonyl (C=O) groups is 2. The molecule has 0 aliphatic carbocycles. The second-order valence-electron chi connectivity index (χ2n) is 5.33. The number of benzene rings is 1. The third-order valence-corrected chi connectivity index (χ3v) is 4.89. The molecular formula is C17H19Cl2N3O3S. The minimum atomic E-state index is -0.461. The SMILES string of the molecule is CCCN(Cc1nc(C(=O)OCC)cs1)C(=O)Nc1ccc(Cl)c(Cl)c1. The van der Waals surface area contributed by atoms with Crippen LogP contribution in [0.4, 0.5) is 10.5 Å². The number of anilines is 1. The van der Waals surface area contributed by atoms with Crippen molar-refractivity contribution >= 4 is 52.2 Å². The van der Waals surface area contributed by atoms with Crippen LogP contribution in [0, 0.1) is 0 Å². The molecule has 0 fully saturated rings. The molecule has 1 aromatic heterocycles. The number of urea groups is 1. The molecule has 1 aromatic carbocycles. The Morgan fingerprint density at radius 2 is 2.04 bits per heavy atom. The number of amides is 2. The van der Waals surface area contributed by atoms with Crippen LogP contribution in [0.1, 0.15) is 35.8 Å². The maximum Gasteiger partial charge on any atom is 0.357 e. The Kier molecular flexibility index (Phi) is 7.68. The summed E-state index contributed by atoms with van der Waals surface area (Å²) in [6.07, 6.45) is 0.783. The summed E-state index contributed by atoms with van der Waals surface area (Å²) < 4.78 is 4.93. The Labute approximate surface area is 166 Å². The van der Waals surface area contributed by atoms with E-state index in [1.54, 1.807) is 35.4 Å². The molecule has 0 bridgehead atoms. The van der Waals surface area contributed by atoms with E-state index in [-0.39, 0.29) is 11.7 Å². The van der Waals surface area contributed by atoms with Crippen molar-refractivity contribution in [3.63, 3.8) is 0 Å². The largest absolute Gasteiger partial charge is 0.461 e. The summed E-state index contributed by atoms with van der Waals surface area (Å²) in [6.45, 7) is 4.85. The number of aromatic nitrogens is 1. The highest BCUT2D eigenvalue weighted by Crippen LogP contribution is 2.25. The van der Waals surface area contributed by atoms with Crippen molar-refractivity contribution in [1.82, 2.24) is 9.88 Å². The molecule has 0 spiro atoms. The lowest BCUT2D eigenvalue weighted by Crippen LogP contribution is -2.35. The number of hydrogen-bond acceptors (Lipinski definition) is 5. The van der Waals surface area contributed by atoms with Gasteiger partial charge in [0.15, 0.2) is 5.69 Å². The van der Waals surface area contributed by atoms with E-state index in [0.29, 0.717) is 40.4 Å². The standard InChI is InChI=1S/C17H19Cl2N3O3S/c1-3-7-22(9-15-21-14(10-26-15)16(23)25-4-2)17(24)20-11-5-6-12(18)13(19)8-11/h5-6,8,10H,3-4,7,9H2,1-2H3,(H,20,24). The van der Waals surface area contributed by atoms with Crippen molar-refractivity contribution in [2.45, 2.75) is 26.8 Å². The van der Waals surface area contributed by atoms with Crippen LogP contribution in [0.2, 0.25) is 10.0 Å². The van der Waals surface area contributed by atoms with Gasteiger partial charge in [0.1, 0.15) is 5.01 Å². The van der Waals surface area contributed by atoms with Gasteiger partial charge in [-0.1, -0.05) is 30.1 Å². The number of ether oxygens (including phenoxy) is 1. The smallest absolute Gasteiger partial charge is 0.357 e. The molecule has 6 nitrogen and oxygen atoms in total. The summed E-state index contributed by atoms with van der Waals surface area (Å²) in [5, 5.41) is 5.87. The molecule has 2 aromatic rings. The summed E-state index contributed by atoms with van der Waals surface area (Å²) >= 11 is 13.2. The molecule has 0 aliphatic heterocycles. The van der Waals surface area contributed by atoms with Crippen LogP contribution < -0.4 is 5.32 Å². The number of nitrogens with one attached hydrogen (secondary N) is 1. The molecule has 0 aliphatic rings. The third-order valence-electron chi connectivity index (χ3n) is 3.31. The molecule has 0 saturated heterocycles. The van der Waals surface area contributed by atoms with Crippen molar-refractivity contribution in [2.75, 3.05) is 18.5 Å². The van der Waals surface area contributed by atoms with E-state index in [1.165, 1.54) is 11.3 Å². The molecule has 26 heavy (non-hydrogen) atoms. The average molecular weight is 416 g/mol. The summed E-state index contributed by atoms with van der Waals surface area (Å²) in [7, 11) is 0. The number of esters is 1. The normalized spacial score (nSPS) is 10.5. The molecule has 0 atom stereocenters. The van der Waals surface area contributed by atoms with E-state index in [2.05, 4.69) is 10.3 Å². The Morgan fingerprint density at radius 1 is 1.27 bits per heavy atom. The number of thiazole rings is 1. The van der Waals surface area contributed by atoms with Gasteiger partial charge >= 0.3 is 12.0 Å². The first kappa shape index (κ1) is 20.5. The quantitative estimate of drug-likeness (QED) is 0.640. The van der Waals surface area contributed by atoms with Gasteiger partial charge in [-0.05, 0) is 31.5 Å². The zero-order valence-electron chi connectivity index (χ0n) is 14.4. The van der Waals surface area contributed by atoms with Crippen molar-refractivity contribution in [3.8, 4) is 0 Å². The van der Waals surface area contributed by atoms with Gasteiger partial charge in [0.2, 0.25) is 0 Å². The molecular weight excluding hydrogens is 397 g/mol. The Bertz CT molecular complexity index is 782. The number of rotatable bonds is 7. The molecule has 0 saturated carbocycles. The highest BCUT2D eigenvalue weighted by molar-refractivity contribution is 7.09. The zero-order chi connectivity index (χ0) is 19.1. The van der Waals surface area contributed by atoms with Gasteiger partial charge in [-0.3, -0.25) is 0 Å². The van der Waals surface area contributed by atoms with Gasteiger partial charge in [0, 0.05) is 17.6 Å². The van der Waals surface area contributed by atoms with Crippen molar-refractivity contribution in [2.24, 2.45) is 0 Å². The molecule has 0 unspecified atom stereocenters. The summed E-state index contributed by atoms with van der Waals surface area (Å²) in [5.41, 5.74) is 0.810. The van der Waals surface area contributed by atoms with E-state index < -0.39 is 5.97 Å². The number of carbonyl (C=O) groups excluding carboxylic acids is 2. The van der Waals surface area contributed by atoms with E-state index >= 15 is 0 Å². The summed E-state index contributed by atoms with van der Waals surface area (Å²) in [5.74, 6) is -0.461. The van der Waals surface area contributed by atoms with E-state index in [4.69, 9.17) is 27.9 Å². The van der Waals surface area contributed by atoms with E-state index in [9.17, 15) is 9.59 Å². The number of hydrogen-bond donors (Lipinski definition) is 1. The van der Waals surface area contributed by atoms with Gasteiger partial charge in [-0.15, -0.1) is 11.3 Å². The van der Waals surface area contributed by atoms with Crippen LogP contribution in [-0.4, -0.2) is 35.0 Å². The summed E-state index contributed by atoms with van der Waals surface area (Å²) in [6, 6.07) is 4.61. The van der Waals surface area contributed by atoms with Crippen LogP contribution in [0.15, 0.2) is 23.6 Å². The first-order chi connectivity index (χ1) is 12.4. The Balaban J connectivity index is 2.06. The van der Waals surface area contributed by atoms with Crippen LogP contribution >= 0.6 is 34.5 Å². The van der Waals surface area contributed by atoms with E-state index in [1.807, 2.05) is 6.92 Å². The van der Waals surface area contributed by atoms with Crippen LogP contribution in [-0.2, 0) is 11.3 Å². The fraction of sp³-hybridized carbons (Fsp3) is 0.353. The lowest BCUT2D eigenvalue weighted by molar-refractivity contribution is 0.0520. The Hall–Kier alpha value is -1.83. The second-order valence-corrected chi connectivity index (χ2v) is 7.08. The van der Waals surface area contributed by atoms with Gasteiger partial charge in [0.25, 0.3) is 0 Å². The van der Waals surface area contributed by atoms with Crippen molar-refractivity contribution < 1.29 is 14.3 Å². The predicted molar refractivity (Wildman–Crippen MR) is 104 cm³/mol. The first-order valence-electron chi connectivity index (χ1n) is 8.07.